The highest BCUT2D eigenvalue weighted by atomic mass is 79.9. The smallest absolute Gasteiger partial charge is 0.223 e. The second kappa shape index (κ2) is 7.17. The maximum Gasteiger partial charge on any atom is 0.223 e. The maximum atomic E-state index is 10.4. The Bertz CT molecular complexity index is 382. The van der Waals surface area contributed by atoms with Gasteiger partial charge in [-0.1, -0.05) is 19.3 Å². The van der Waals surface area contributed by atoms with Crippen molar-refractivity contribution in [2.24, 2.45) is 5.92 Å². The van der Waals surface area contributed by atoms with Crippen LogP contribution in [0.4, 0.5) is 5.95 Å². The Labute approximate surface area is 121 Å². The summed E-state index contributed by atoms with van der Waals surface area (Å²) in [7, 11) is 0. The van der Waals surface area contributed by atoms with Crippen molar-refractivity contribution in [1.82, 2.24) is 9.97 Å². The number of aliphatic hydroxyl groups is 2. The lowest BCUT2D eigenvalue weighted by molar-refractivity contribution is 0.0491. The van der Waals surface area contributed by atoms with Crippen molar-refractivity contribution in [1.29, 1.82) is 0 Å². The van der Waals surface area contributed by atoms with E-state index in [1.165, 1.54) is 6.42 Å². The molecule has 6 heteroatoms. The van der Waals surface area contributed by atoms with Gasteiger partial charge in [0.25, 0.3) is 0 Å². The van der Waals surface area contributed by atoms with Crippen LogP contribution in [-0.4, -0.2) is 38.9 Å². The van der Waals surface area contributed by atoms with E-state index in [-0.39, 0.29) is 12.5 Å². The number of nitrogens with one attached hydrogen (secondary N) is 1. The molecule has 1 fully saturated rings. The van der Waals surface area contributed by atoms with E-state index in [9.17, 15) is 10.2 Å². The number of halogens is 1. The molecule has 0 unspecified atom stereocenters. The third kappa shape index (κ3) is 4.12. The average Bonchev–Trinajstić information content (AvgIpc) is 2.47. The first-order valence-electron chi connectivity index (χ1n) is 6.73. The summed E-state index contributed by atoms with van der Waals surface area (Å²) in [5.74, 6) is 0.686. The minimum atomic E-state index is -0.558. The SMILES string of the molecule is OC[C@@H](Nc1ncc(Br)cn1)[C@@H](O)C1CCCCC1. The van der Waals surface area contributed by atoms with Crippen LogP contribution in [-0.2, 0) is 0 Å². The summed E-state index contributed by atoms with van der Waals surface area (Å²) in [6, 6.07) is -0.413. The zero-order valence-corrected chi connectivity index (χ0v) is 12.4. The Morgan fingerprint density at radius 2 is 1.89 bits per heavy atom. The van der Waals surface area contributed by atoms with Crippen LogP contribution in [0.1, 0.15) is 32.1 Å². The number of aromatic nitrogens is 2. The molecular weight excluding hydrogens is 310 g/mol. The molecule has 19 heavy (non-hydrogen) atoms. The van der Waals surface area contributed by atoms with Crippen LogP contribution in [0.15, 0.2) is 16.9 Å². The van der Waals surface area contributed by atoms with Crippen LogP contribution in [0.5, 0.6) is 0 Å². The first kappa shape index (κ1) is 14.7. The molecule has 1 aromatic heterocycles. The normalized spacial score (nSPS) is 19.9. The monoisotopic (exact) mass is 329 g/mol. The summed E-state index contributed by atoms with van der Waals surface area (Å²) in [6.45, 7) is -0.128. The molecule has 0 aliphatic heterocycles. The lowest BCUT2D eigenvalue weighted by atomic mass is 9.83. The number of nitrogens with zero attached hydrogens (tertiary/aromatic N) is 2. The van der Waals surface area contributed by atoms with E-state index in [1.54, 1.807) is 12.4 Å². The molecule has 5 nitrogen and oxygen atoms in total. The predicted molar refractivity (Wildman–Crippen MR) is 76.8 cm³/mol. The van der Waals surface area contributed by atoms with Crippen LogP contribution < -0.4 is 5.32 Å². The van der Waals surface area contributed by atoms with Crippen LogP contribution in [0.2, 0.25) is 0 Å². The number of anilines is 1. The van der Waals surface area contributed by atoms with Gasteiger partial charge in [0, 0.05) is 12.4 Å². The first-order valence-corrected chi connectivity index (χ1v) is 7.53. The topological polar surface area (TPSA) is 78.3 Å². The quantitative estimate of drug-likeness (QED) is 0.769. The van der Waals surface area contributed by atoms with E-state index in [4.69, 9.17) is 0 Å². The third-order valence-electron chi connectivity index (χ3n) is 3.68. The van der Waals surface area contributed by atoms with Gasteiger partial charge in [-0.05, 0) is 34.7 Å². The van der Waals surface area contributed by atoms with E-state index in [0.717, 1.165) is 30.2 Å². The summed E-state index contributed by atoms with van der Waals surface area (Å²) >= 11 is 3.27. The van der Waals surface area contributed by atoms with Gasteiger partial charge in [-0.25, -0.2) is 9.97 Å². The van der Waals surface area contributed by atoms with Crippen molar-refractivity contribution in [2.45, 2.75) is 44.2 Å². The molecule has 0 saturated heterocycles. The molecule has 106 valence electrons. The minimum absolute atomic E-state index is 0.128. The maximum absolute atomic E-state index is 10.4. The van der Waals surface area contributed by atoms with Crippen LogP contribution >= 0.6 is 15.9 Å². The molecule has 0 amide bonds. The second-order valence-electron chi connectivity index (χ2n) is 5.05. The van der Waals surface area contributed by atoms with E-state index >= 15 is 0 Å². The van der Waals surface area contributed by atoms with Crippen molar-refractivity contribution < 1.29 is 10.2 Å². The highest BCUT2D eigenvalue weighted by Gasteiger charge is 2.28. The van der Waals surface area contributed by atoms with Gasteiger partial charge in [0.2, 0.25) is 5.95 Å². The molecule has 0 radical (unpaired) electrons. The number of hydrogen-bond donors (Lipinski definition) is 3. The zero-order valence-electron chi connectivity index (χ0n) is 10.8. The third-order valence-corrected chi connectivity index (χ3v) is 4.09. The van der Waals surface area contributed by atoms with E-state index in [2.05, 4.69) is 31.2 Å². The van der Waals surface area contributed by atoms with Crippen LogP contribution in [0.3, 0.4) is 0 Å². The van der Waals surface area contributed by atoms with Crippen molar-refractivity contribution in [3.63, 3.8) is 0 Å². The van der Waals surface area contributed by atoms with Gasteiger partial charge in [-0.2, -0.15) is 0 Å². The number of rotatable bonds is 5. The summed E-state index contributed by atoms with van der Waals surface area (Å²) < 4.78 is 0.798. The van der Waals surface area contributed by atoms with E-state index in [1.807, 2.05) is 0 Å². The lowest BCUT2D eigenvalue weighted by Crippen LogP contribution is -2.42. The molecule has 3 N–H and O–H groups in total. The Morgan fingerprint density at radius 1 is 1.26 bits per heavy atom. The molecule has 1 aliphatic rings. The molecule has 1 aliphatic carbocycles. The van der Waals surface area contributed by atoms with E-state index < -0.39 is 12.1 Å². The van der Waals surface area contributed by atoms with Gasteiger partial charge < -0.3 is 15.5 Å². The largest absolute Gasteiger partial charge is 0.394 e. The summed E-state index contributed by atoms with van der Waals surface area (Å²) in [4.78, 5) is 8.20. The lowest BCUT2D eigenvalue weighted by Gasteiger charge is -2.31. The van der Waals surface area contributed by atoms with Crippen LogP contribution in [0.25, 0.3) is 0 Å². The van der Waals surface area contributed by atoms with Crippen molar-refractivity contribution >= 4 is 21.9 Å². The molecule has 2 rings (SSSR count). The predicted octanol–water partition coefficient (Wildman–Crippen LogP) is 1.95. The number of hydrogen-bond acceptors (Lipinski definition) is 5. The fraction of sp³-hybridized carbons (Fsp3) is 0.692. The Kier molecular flexibility index (Phi) is 5.54. The summed E-state index contributed by atoms with van der Waals surface area (Å²) in [6.07, 6.45) is 8.34. The second-order valence-corrected chi connectivity index (χ2v) is 5.96. The number of aliphatic hydroxyl groups excluding tert-OH is 2. The molecule has 1 aromatic rings. The Balaban J connectivity index is 1.96. The Morgan fingerprint density at radius 3 is 2.47 bits per heavy atom. The fourth-order valence-electron chi connectivity index (χ4n) is 2.60. The molecule has 0 spiro atoms. The van der Waals surface area contributed by atoms with Gasteiger partial charge in [0.1, 0.15) is 0 Å². The summed E-state index contributed by atoms with van der Waals surface area (Å²) in [5.41, 5.74) is 0. The molecule has 1 heterocycles. The molecule has 0 aromatic carbocycles. The molecular formula is C13H20BrN3O2. The van der Waals surface area contributed by atoms with Gasteiger partial charge in [0.15, 0.2) is 0 Å². The molecule has 1 saturated carbocycles. The zero-order chi connectivity index (χ0) is 13.7. The Hall–Kier alpha value is -0.720. The van der Waals surface area contributed by atoms with Crippen molar-refractivity contribution in [3.8, 4) is 0 Å². The van der Waals surface area contributed by atoms with Gasteiger partial charge in [-0.15, -0.1) is 0 Å². The standard InChI is InChI=1S/C13H20BrN3O2/c14-10-6-15-13(16-7-10)17-11(8-18)12(19)9-4-2-1-3-5-9/h6-7,9,11-12,18-19H,1-5,8H2,(H,15,16,17)/t11-,12+/m1/s1. The highest BCUT2D eigenvalue weighted by molar-refractivity contribution is 9.10. The van der Waals surface area contributed by atoms with E-state index in [0.29, 0.717) is 5.95 Å². The molecule has 0 bridgehead atoms. The van der Waals surface area contributed by atoms with Gasteiger partial charge in [-0.3, -0.25) is 0 Å². The van der Waals surface area contributed by atoms with Crippen molar-refractivity contribution in [3.05, 3.63) is 16.9 Å². The van der Waals surface area contributed by atoms with Gasteiger partial charge in [0.05, 0.1) is 23.2 Å². The summed E-state index contributed by atoms with van der Waals surface area (Å²) in [5, 5.41) is 22.8. The van der Waals surface area contributed by atoms with Gasteiger partial charge >= 0.3 is 0 Å². The van der Waals surface area contributed by atoms with Crippen LogP contribution in [0, 0.1) is 5.92 Å². The van der Waals surface area contributed by atoms with Crippen molar-refractivity contribution in [2.75, 3.05) is 11.9 Å². The first-order chi connectivity index (χ1) is 9.20. The molecule has 2 atom stereocenters. The highest BCUT2D eigenvalue weighted by Crippen LogP contribution is 2.28. The minimum Gasteiger partial charge on any atom is -0.394 e. The fourth-order valence-corrected chi connectivity index (χ4v) is 2.80. The average molecular weight is 330 g/mol.